The van der Waals surface area contributed by atoms with Crippen LogP contribution in [0.2, 0.25) is 0 Å². The van der Waals surface area contributed by atoms with Gasteiger partial charge in [0.05, 0.1) is 0 Å². The summed E-state index contributed by atoms with van der Waals surface area (Å²) in [6.45, 7) is 1.02. The summed E-state index contributed by atoms with van der Waals surface area (Å²) < 4.78 is 1.13. The van der Waals surface area contributed by atoms with Gasteiger partial charge in [-0.05, 0) is 12.1 Å². The van der Waals surface area contributed by atoms with Crippen LogP contribution in [0.1, 0.15) is 0 Å². The molecule has 1 rings (SSSR count). The lowest BCUT2D eigenvalue weighted by Gasteiger charge is -2.00. The first-order chi connectivity index (χ1) is 4.93. The molecule has 1 N–H and O–H groups in total. The average Bonchev–Trinajstić information content (AvgIpc) is 2.03. The SMILES string of the molecule is ICCNc1ccncc1. The van der Waals surface area contributed by atoms with E-state index in [2.05, 4.69) is 32.9 Å². The van der Waals surface area contributed by atoms with E-state index in [1.165, 1.54) is 0 Å². The van der Waals surface area contributed by atoms with Gasteiger partial charge in [-0.25, -0.2) is 0 Å². The molecule has 1 aromatic heterocycles. The molecule has 0 saturated heterocycles. The number of nitrogens with zero attached hydrogens (tertiary/aromatic N) is 1. The molecule has 0 saturated carbocycles. The molecular weight excluding hydrogens is 239 g/mol. The first kappa shape index (κ1) is 7.78. The molecular formula is C7H9IN2. The van der Waals surface area contributed by atoms with Crippen LogP contribution in [-0.2, 0) is 0 Å². The van der Waals surface area contributed by atoms with Crippen LogP contribution in [0.5, 0.6) is 0 Å². The summed E-state index contributed by atoms with van der Waals surface area (Å²) in [5.74, 6) is 0. The summed E-state index contributed by atoms with van der Waals surface area (Å²) in [6.07, 6.45) is 3.57. The molecule has 10 heavy (non-hydrogen) atoms. The monoisotopic (exact) mass is 248 g/mol. The molecule has 0 unspecified atom stereocenters. The lowest BCUT2D eigenvalue weighted by Crippen LogP contribution is -2.01. The minimum Gasteiger partial charge on any atom is -0.384 e. The van der Waals surface area contributed by atoms with Gasteiger partial charge in [0.2, 0.25) is 0 Å². The molecule has 2 nitrogen and oxygen atoms in total. The van der Waals surface area contributed by atoms with E-state index in [0.29, 0.717) is 0 Å². The van der Waals surface area contributed by atoms with E-state index in [-0.39, 0.29) is 0 Å². The number of alkyl halides is 1. The number of halogens is 1. The first-order valence-corrected chi connectivity index (χ1v) is 4.66. The summed E-state index contributed by atoms with van der Waals surface area (Å²) in [5, 5.41) is 3.25. The Labute approximate surface area is 74.2 Å². The Kier molecular flexibility index (Phi) is 3.49. The lowest BCUT2D eigenvalue weighted by atomic mass is 10.4. The van der Waals surface area contributed by atoms with Crippen molar-refractivity contribution in [1.82, 2.24) is 4.98 Å². The van der Waals surface area contributed by atoms with Crippen LogP contribution in [0.15, 0.2) is 24.5 Å². The molecule has 0 radical (unpaired) electrons. The quantitative estimate of drug-likeness (QED) is 0.653. The van der Waals surface area contributed by atoms with E-state index in [4.69, 9.17) is 0 Å². The van der Waals surface area contributed by atoms with Crippen molar-refractivity contribution in [1.29, 1.82) is 0 Å². The topological polar surface area (TPSA) is 24.9 Å². The number of hydrogen-bond donors (Lipinski definition) is 1. The van der Waals surface area contributed by atoms with Gasteiger partial charge in [0.15, 0.2) is 0 Å². The van der Waals surface area contributed by atoms with E-state index in [1.54, 1.807) is 12.4 Å². The number of hydrogen-bond acceptors (Lipinski definition) is 2. The molecule has 3 heteroatoms. The van der Waals surface area contributed by atoms with Gasteiger partial charge in [-0.3, -0.25) is 4.98 Å². The number of anilines is 1. The van der Waals surface area contributed by atoms with Crippen LogP contribution in [0.4, 0.5) is 5.69 Å². The molecule has 0 fully saturated rings. The first-order valence-electron chi connectivity index (χ1n) is 3.13. The van der Waals surface area contributed by atoms with Crippen LogP contribution in [0, 0.1) is 0 Å². The molecule has 0 aliphatic heterocycles. The number of pyridine rings is 1. The Hall–Kier alpha value is -0.320. The summed E-state index contributed by atoms with van der Waals surface area (Å²) >= 11 is 2.34. The predicted molar refractivity (Wildman–Crippen MR) is 51.6 cm³/mol. The molecule has 0 amide bonds. The predicted octanol–water partition coefficient (Wildman–Crippen LogP) is 1.93. The summed E-state index contributed by atoms with van der Waals surface area (Å²) in [7, 11) is 0. The molecule has 1 aromatic rings. The van der Waals surface area contributed by atoms with Gasteiger partial charge in [-0.1, -0.05) is 22.6 Å². The minimum absolute atomic E-state index is 1.02. The molecule has 0 atom stereocenters. The van der Waals surface area contributed by atoms with Crippen molar-refractivity contribution < 1.29 is 0 Å². The van der Waals surface area contributed by atoms with Gasteiger partial charge >= 0.3 is 0 Å². The standard InChI is InChI=1S/C7H9IN2/c8-3-6-10-7-1-4-9-5-2-7/h1-2,4-5H,3,6H2,(H,9,10). The van der Waals surface area contributed by atoms with Crippen molar-refractivity contribution in [2.24, 2.45) is 0 Å². The van der Waals surface area contributed by atoms with Gasteiger partial charge < -0.3 is 5.32 Å². The maximum absolute atomic E-state index is 3.91. The van der Waals surface area contributed by atoms with E-state index >= 15 is 0 Å². The maximum Gasteiger partial charge on any atom is 0.0371 e. The van der Waals surface area contributed by atoms with Crippen molar-refractivity contribution in [2.75, 3.05) is 16.3 Å². The van der Waals surface area contributed by atoms with Crippen LogP contribution in [-0.4, -0.2) is 16.0 Å². The molecule has 0 aliphatic rings. The normalized spacial score (nSPS) is 9.30. The van der Waals surface area contributed by atoms with Gasteiger partial charge in [0, 0.05) is 29.1 Å². The van der Waals surface area contributed by atoms with Crippen molar-refractivity contribution in [2.45, 2.75) is 0 Å². The average molecular weight is 248 g/mol. The molecule has 1 heterocycles. The Morgan fingerprint density at radius 1 is 1.40 bits per heavy atom. The molecule has 0 bridgehead atoms. The fraction of sp³-hybridized carbons (Fsp3) is 0.286. The smallest absolute Gasteiger partial charge is 0.0371 e. The Balaban J connectivity index is 2.43. The third-order valence-electron chi connectivity index (χ3n) is 1.10. The number of aromatic nitrogens is 1. The maximum atomic E-state index is 3.91. The van der Waals surface area contributed by atoms with E-state index < -0.39 is 0 Å². The van der Waals surface area contributed by atoms with Gasteiger partial charge in [-0.2, -0.15) is 0 Å². The zero-order valence-corrected chi connectivity index (χ0v) is 7.71. The number of rotatable bonds is 3. The summed E-state index contributed by atoms with van der Waals surface area (Å²) in [4.78, 5) is 3.91. The fourth-order valence-corrected chi connectivity index (χ4v) is 0.931. The lowest BCUT2D eigenvalue weighted by molar-refractivity contribution is 1.23. The second-order valence-electron chi connectivity index (χ2n) is 1.85. The Bertz CT molecular complexity index is 176. The zero-order valence-electron chi connectivity index (χ0n) is 5.55. The second-order valence-corrected chi connectivity index (χ2v) is 2.93. The Morgan fingerprint density at radius 3 is 2.70 bits per heavy atom. The van der Waals surface area contributed by atoms with Gasteiger partial charge in [-0.15, -0.1) is 0 Å². The number of nitrogens with one attached hydrogen (secondary N) is 1. The van der Waals surface area contributed by atoms with Crippen LogP contribution >= 0.6 is 22.6 Å². The highest BCUT2D eigenvalue weighted by atomic mass is 127. The largest absolute Gasteiger partial charge is 0.384 e. The van der Waals surface area contributed by atoms with Crippen molar-refractivity contribution in [3.8, 4) is 0 Å². The molecule has 0 spiro atoms. The van der Waals surface area contributed by atoms with Crippen LogP contribution in [0.3, 0.4) is 0 Å². The van der Waals surface area contributed by atoms with Crippen molar-refractivity contribution in [3.05, 3.63) is 24.5 Å². The van der Waals surface area contributed by atoms with Crippen molar-refractivity contribution in [3.63, 3.8) is 0 Å². The molecule has 0 aromatic carbocycles. The minimum atomic E-state index is 1.02. The van der Waals surface area contributed by atoms with Gasteiger partial charge in [0.25, 0.3) is 0 Å². The van der Waals surface area contributed by atoms with Crippen molar-refractivity contribution >= 4 is 28.3 Å². The molecule has 54 valence electrons. The summed E-state index contributed by atoms with van der Waals surface area (Å²) in [6, 6.07) is 3.93. The highest BCUT2D eigenvalue weighted by molar-refractivity contribution is 14.1. The van der Waals surface area contributed by atoms with E-state index in [1.807, 2.05) is 12.1 Å². The summed E-state index contributed by atoms with van der Waals surface area (Å²) in [5.41, 5.74) is 1.15. The van der Waals surface area contributed by atoms with E-state index in [9.17, 15) is 0 Å². The third-order valence-corrected chi connectivity index (χ3v) is 1.64. The fourth-order valence-electron chi connectivity index (χ4n) is 0.661. The Morgan fingerprint density at radius 2 is 2.10 bits per heavy atom. The van der Waals surface area contributed by atoms with Crippen LogP contribution in [0.25, 0.3) is 0 Å². The zero-order chi connectivity index (χ0) is 7.23. The van der Waals surface area contributed by atoms with Crippen LogP contribution < -0.4 is 5.32 Å². The highest BCUT2D eigenvalue weighted by Gasteiger charge is 1.85. The van der Waals surface area contributed by atoms with E-state index in [0.717, 1.165) is 16.7 Å². The molecule has 0 aliphatic carbocycles. The third kappa shape index (κ3) is 2.51. The highest BCUT2D eigenvalue weighted by Crippen LogP contribution is 2.01. The second kappa shape index (κ2) is 4.49. The van der Waals surface area contributed by atoms with Gasteiger partial charge in [0.1, 0.15) is 0 Å².